The fourth-order valence-electron chi connectivity index (χ4n) is 6.07. The number of carbonyl (C=O) groups excluding carboxylic acids is 2. The maximum absolute atomic E-state index is 12.8. The molecule has 6 heteroatoms. The number of nitrogens with two attached hydrogens (primary N) is 1. The molecule has 4 saturated carbocycles. The molecule has 0 heterocycles. The SMILES string of the molecule is COc1ccc(C(=O)N[C@H](C(=O)NN)C23CC4CC(CC(C4)C2)C3)cc1. The topological polar surface area (TPSA) is 93.4 Å². The molecular formula is C20H27N3O3. The van der Waals surface area contributed by atoms with Crippen LogP contribution in [0.15, 0.2) is 24.3 Å². The third-order valence-corrected chi connectivity index (χ3v) is 6.73. The number of hydrazine groups is 1. The van der Waals surface area contributed by atoms with Crippen molar-refractivity contribution in [3.8, 4) is 5.75 Å². The van der Waals surface area contributed by atoms with Gasteiger partial charge in [0.05, 0.1) is 7.11 Å². The number of hydrogen-bond donors (Lipinski definition) is 3. The molecule has 5 rings (SSSR count). The van der Waals surface area contributed by atoms with Gasteiger partial charge in [-0.25, -0.2) is 5.84 Å². The summed E-state index contributed by atoms with van der Waals surface area (Å²) >= 11 is 0. The molecular weight excluding hydrogens is 330 g/mol. The van der Waals surface area contributed by atoms with Crippen LogP contribution in [-0.2, 0) is 4.79 Å². The van der Waals surface area contributed by atoms with E-state index in [1.807, 2.05) is 0 Å². The highest BCUT2D eigenvalue weighted by atomic mass is 16.5. The summed E-state index contributed by atoms with van der Waals surface area (Å²) in [6, 6.07) is 6.35. The van der Waals surface area contributed by atoms with Gasteiger partial charge < -0.3 is 10.1 Å². The highest BCUT2D eigenvalue weighted by molar-refractivity contribution is 5.97. The molecule has 4 aliphatic carbocycles. The van der Waals surface area contributed by atoms with Gasteiger partial charge in [0.2, 0.25) is 0 Å². The summed E-state index contributed by atoms with van der Waals surface area (Å²) in [5.41, 5.74) is 2.66. The summed E-state index contributed by atoms with van der Waals surface area (Å²) in [4.78, 5) is 25.4. The van der Waals surface area contributed by atoms with E-state index in [9.17, 15) is 9.59 Å². The van der Waals surface area contributed by atoms with Gasteiger partial charge in [0.15, 0.2) is 0 Å². The second-order valence-corrected chi connectivity index (χ2v) is 8.42. The molecule has 0 unspecified atom stereocenters. The summed E-state index contributed by atoms with van der Waals surface area (Å²) in [6.07, 6.45) is 6.88. The number of amides is 2. The maximum Gasteiger partial charge on any atom is 0.257 e. The van der Waals surface area contributed by atoms with Gasteiger partial charge in [-0.2, -0.15) is 0 Å². The van der Waals surface area contributed by atoms with Crippen LogP contribution in [0.25, 0.3) is 0 Å². The average molecular weight is 357 g/mol. The molecule has 4 N–H and O–H groups in total. The number of carbonyl (C=O) groups is 2. The van der Waals surface area contributed by atoms with E-state index in [1.165, 1.54) is 19.3 Å². The minimum absolute atomic E-state index is 0.152. The maximum atomic E-state index is 12.8. The lowest BCUT2D eigenvalue weighted by atomic mass is 9.47. The zero-order chi connectivity index (χ0) is 18.3. The molecule has 0 radical (unpaired) electrons. The average Bonchev–Trinajstić information content (AvgIpc) is 2.64. The van der Waals surface area contributed by atoms with Crippen molar-refractivity contribution < 1.29 is 14.3 Å². The van der Waals surface area contributed by atoms with Crippen LogP contribution in [0, 0.1) is 23.2 Å². The first-order valence-corrected chi connectivity index (χ1v) is 9.48. The van der Waals surface area contributed by atoms with Gasteiger partial charge in [0, 0.05) is 11.0 Å². The number of ether oxygens (including phenoxy) is 1. The van der Waals surface area contributed by atoms with Crippen LogP contribution in [0.5, 0.6) is 5.75 Å². The van der Waals surface area contributed by atoms with Crippen molar-refractivity contribution >= 4 is 11.8 Å². The predicted molar refractivity (Wildman–Crippen MR) is 97.2 cm³/mol. The second-order valence-electron chi connectivity index (χ2n) is 8.42. The van der Waals surface area contributed by atoms with E-state index >= 15 is 0 Å². The number of rotatable bonds is 5. The molecule has 4 fully saturated rings. The van der Waals surface area contributed by atoms with E-state index in [0.29, 0.717) is 29.1 Å². The van der Waals surface area contributed by atoms with E-state index in [1.54, 1.807) is 31.4 Å². The highest BCUT2D eigenvalue weighted by Crippen LogP contribution is 2.61. The van der Waals surface area contributed by atoms with Crippen LogP contribution in [0.4, 0.5) is 0 Å². The normalized spacial score (nSPS) is 32.8. The monoisotopic (exact) mass is 357 g/mol. The van der Waals surface area contributed by atoms with Gasteiger partial charge in [0.1, 0.15) is 11.8 Å². The summed E-state index contributed by atoms with van der Waals surface area (Å²) in [6.45, 7) is 0. The van der Waals surface area contributed by atoms with E-state index in [2.05, 4.69) is 10.7 Å². The van der Waals surface area contributed by atoms with Crippen molar-refractivity contribution in [1.29, 1.82) is 0 Å². The fourth-order valence-corrected chi connectivity index (χ4v) is 6.07. The predicted octanol–water partition coefficient (Wildman–Crippen LogP) is 2.00. The molecule has 0 spiro atoms. The Kier molecular flexibility index (Phi) is 4.39. The molecule has 1 aromatic carbocycles. The minimum atomic E-state index is -0.574. The Morgan fingerprint density at radius 1 is 1.08 bits per heavy atom. The third-order valence-electron chi connectivity index (χ3n) is 6.73. The Bertz CT molecular complexity index is 665. The Morgan fingerprint density at radius 3 is 2.08 bits per heavy atom. The van der Waals surface area contributed by atoms with E-state index in [4.69, 9.17) is 10.6 Å². The van der Waals surface area contributed by atoms with Crippen LogP contribution >= 0.6 is 0 Å². The van der Waals surface area contributed by atoms with E-state index in [-0.39, 0.29) is 17.2 Å². The summed E-state index contributed by atoms with van der Waals surface area (Å²) in [7, 11) is 1.59. The van der Waals surface area contributed by atoms with Crippen molar-refractivity contribution in [1.82, 2.24) is 10.7 Å². The van der Waals surface area contributed by atoms with Crippen molar-refractivity contribution in [3.05, 3.63) is 29.8 Å². The van der Waals surface area contributed by atoms with Gasteiger partial charge in [-0.3, -0.25) is 15.0 Å². The quantitative estimate of drug-likeness (QED) is 0.427. The van der Waals surface area contributed by atoms with Crippen LogP contribution in [-0.4, -0.2) is 25.0 Å². The largest absolute Gasteiger partial charge is 0.497 e. The number of benzene rings is 1. The first kappa shape index (κ1) is 17.3. The molecule has 26 heavy (non-hydrogen) atoms. The summed E-state index contributed by atoms with van der Waals surface area (Å²) < 4.78 is 5.14. The molecule has 0 aliphatic heterocycles. The van der Waals surface area contributed by atoms with Gasteiger partial charge in [-0.05, 0) is 80.5 Å². The van der Waals surface area contributed by atoms with Crippen molar-refractivity contribution in [2.45, 2.75) is 44.6 Å². The molecule has 4 bridgehead atoms. The van der Waals surface area contributed by atoms with E-state index < -0.39 is 6.04 Å². The zero-order valence-corrected chi connectivity index (χ0v) is 15.2. The Morgan fingerprint density at radius 2 is 1.62 bits per heavy atom. The molecule has 0 saturated heterocycles. The number of hydrogen-bond acceptors (Lipinski definition) is 4. The Hall–Kier alpha value is -2.08. The van der Waals surface area contributed by atoms with Gasteiger partial charge in [-0.1, -0.05) is 0 Å². The van der Waals surface area contributed by atoms with Gasteiger partial charge in [0.25, 0.3) is 11.8 Å². The Labute approximate surface area is 153 Å². The van der Waals surface area contributed by atoms with Crippen molar-refractivity contribution in [2.24, 2.45) is 29.0 Å². The molecule has 2 amide bonds. The lowest BCUT2D eigenvalue weighted by Gasteiger charge is -2.58. The first-order valence-electron chi connectivity index (χ1n) is 9.48. The molecule has 0 aromatic heterocycles. The first-order chi connectivity index (χ1) is 12.5. The van der Waals surface area contributed by atoms with Crippen molar-refractivity contribution in [2.75, 3.05) is 7.11 Å². The van der Waals surface area contributed by atoms with E-state index in [0.717, 1.165) is 19.3 Å². The van der Waals surface area contributed by atoms with Crippen LogP contribution < -0.4 is 21.3 Å². The fraction of sp³-hybridized carbons (Fsp3) is 0.600. The number of methoxy groups -OCH3 is 1. The van der Waals surface area contributed by atoms with Gasteiger partial charge >= 0.3 is 0 Å². The molecule has 4 aliphatic rings. The zero-order valence-electron chi connectivity index (χ0n) is 15.2. The lowest BCUT2D eigenvalue weighted by Crippen LogP contribution is -2.62. The summed E-state index contributed by atoms with van der Waals surface area (Å²) in [5, 5.41) is 3.01. The summed E-state index contributed by atoms with van der Waals surface area (Å²) in [5.74, 6) is 7.71. The molecule has 1 aromatic rings. The molecule has 1 atom stereocenters. The highest BCUT2D eigenvalue weighted by Gasteiger charge is 2.56. The molecule has 140 valence electrons. The molecule has 6 nitrogen and oxygen atoms in total. The van der Waals surface area contributed by atoms with Gasteiger partial charge in [-0.15, -0.1) is 0 Å². The Balaban J connectivity index is 1.57. The van der Waals surface area contributed by atoms with Crippen molar-refractivity contribution in [3.63, 3.8) is 0 Å². The van der Waals surface area contributed by atoms with Crippen LogP contribution in [0.1, 0.15) is 48.9 Å². The lowest BCUT2D eigenvalue weighted by molar-refractivity contribution is -0.134. The minimum Gasteiger partial charge on any atom is -0.497 e. The second kappa shape index (κ2) is 6.58. The van der Waals surface area contributed by atoms with Crippen LogP contribution in [0.2, 0.25) is 0 Å². The smallest absolute Gasteiger partial charge is 0.257 e. The third kappa shape index (κ3) is 2.96. The number of nitrogens with one attached hydrogen (secondary N) is 2. The van der Waals surface area contributed by atoms with Crippen LogP contribution in [0.3, 0.4) is 0 Å². The standard InChI is InChI=1S/C20H27N3O3/c1-26-16-4-2-15(3-5-16)18(24)22-17(19(25)23-21)20-9-12-6-13(10-20)8-14(7-12)11-20/h2-5,12-14,17H,6-11,21H2,1H3,(H,22,24)(H,23,25)/t12?,13?,14?,17-,20?/m1/s1.